The maximum atomic E-state index is 12.4. The average Bonchev–Trinajstić information content (AvgIpc) is 2.79. The number of esters is 1. The van der Waals surface area contributed by atoms with Gasteiger partial charge in [-0.1, -0.05) is 60.7 Å². The molecule has 2 atom stereocenters. The molecule has 0 aliphatic carbocycles. The summed E-state index contributed by atoms with van der Waals surface area (Å²) >= 11 is 0. The molecule has 0 aliphatic heterocycles. The predicted octanol–water partition coefficient (Wildman–Crippen LogP) is 4.58. The quantitative estimate of drug-likeness (QED) is 0.315. The molecule has 0 spiro atoms. The zero-order chi connectivity index (χ0) is 21.4. The van der Waals surface area contributed by atoms with Gasteiger partial charge in [-0.05, 0) is 35.8 Å². The zero-order valence-electron chi connectivity index (χ0n) is 18.1. The molecule has 164 valence electrons. The summed E-state index contributed by atoms with van der Waals surface area (Å²) in [7, 11) is 3.27. The van der Waals surface area contributed by atoms with Crippen LogP contribution in [0.15, 0.2) is 60.7 Å². The van der Waals surface area contributed by atoms with Crippen molar-refractivity contribution in [1.82, 2.24) is 0 Å². The van der Waals surface area contributed by atoms with Crippen molar-refractivity contribution < 1.29 is 23.7 Å². The van der Waals surface area contributed by atoms with Crippen LogP contribution in [-0.4, -0.2) is 53.2 Å². The van der Waals surface area contributed by atoms with E-state index in [0.29, 0.717) is 32.8 Å². The molecular weight excluding hydrogens is 380 g/mol. The number of rotatable bonds is 15. The van der Waals surface area contributed by atoms with Gasteiger partial charge in [0, 0.05) is 20.8 Å². The number of carbonyl (C=O) groups is 1. The molecule has 0 radical (unpaired) electrons. The van der Waals surface area contributed by atoms with E-state index in [1.807, 2.05) is 24.3 Å². The van der Waals surface area contributed by atoms with Gasteiger partial charge in [0.1, 0.15) is 6.61 Å². The molecule has 30 heavy (non-hydrogen) atoms. The highest BCUT2D eigenvalue weighted by molar-refractivity contribution is 5.70. The van der Waals surface area contributed by atoms with Crippen molar-refractivity contribution in [2.24, 2.45) is 0 Å². The molecule has 0 saturated heterocycles. The second-order valence-corrected chi connectivity index (χ2v) is 7.26. The standard InChI is InChI=1S/C25H34O5/c1-27-15-17-29-14-13-23(21-9-5-3-6-10-21)19-24(22-11-7-4-8-12-22)20-25(26)30-18-16-28-2/h3-12,23-24H,13-20H2,1-2H3/t23-,24+/m0/s1. The fourth-order valence-corrected chi connectivity index (χ4v) is 3.52. The molecule has 2 aromatic rings. The molecule has 2 rings (SSSR count). The maximum absolute atomic E-state index is 12.4. The molecule has 0 bridgehead atoms. The van der Waals surface area contributed by atoms with Gasteiger partial charge in [0.05, 0.1) is 26.2 Å². The van der Waals surface area contributed by atoms with Crippen LogP contribution in [0.2, 0.25) is 0 Å². The molecule has 0 N–H and O–H groups in total. The van der Waals surface area contributed by atoms with Gasteiger partial charge in [0.2, 0.25) is 0 Å². The van der Waals surface area contributed by atoms with E-state index in [9.17, 15) is 4.79 Å². The van der Waals surface area contributed by atoms with Gasteiger partial charge in [-0.2, -0.15) is 0 Å². The van der Waals surface area contributed by atoms with Crippen molar-refractivity contribution in [3.8, 4) is 0 Å². The fourth-order valence-electron chi connectivity index (χ4n) is 3.52. The van der Waals surface area contributed by atoms with E-state index in [-0.39, 0.29) is 24.4 Å². The van der Waals surface area contributed by atoms with Gasteiger partial charge in [0.15, 0.2) is 0 Å². The molecule has 0 aliphatic rings. The van der Waals surface area contributed by atoms with Crippen molar-refractivity contribution >= 4 is 5.97 Å². The molecule has 0 fully saturated rings. The van der Waals surface area contributed by atoms with Gasteiger partial charge in [-0.15, -0.1) is 0 Å². The molecule has 0 heterocycles. The van der Waals surface area contributed by atoms with Gasteiger partial charge in [-0.25, -0.2) is 0 Å². The summed E-state index contributed by atoms with van der Waals surface area (Å²) in [6.07, 6.45) is 2.08. The summed E-state index contributed by atoms with van der Waals surface area (Å²) < 4.78 is 21.1. The molecular formula is C25H34O5. The van der Waals surface area contributed by atoms with Crippen molar-refractivity contribution in [2.45, 2.75) is 31.1 Å². The van der Waals surface area contributed by atoms with E-state index >= 15 is 0 Å². The van der Waals surface area contributed by atoms with Crippen LogP contribution < -0.4 is 0 Å². The molecule has 5 nitrogen and oxygen atoms in total. The largest absolute Gasteiger partial charge is 0.463 e. The Morgan fingerprint density at radius 2 is 1.30 bits per heavy atom. The Morgan fingerprint density at radius 3 is 1.90 bits per heavy atom. The van der Waals surface area contributed by atoms with Gasteiger partial charge in [-0.3, -0.25) is 4.79 Å². The van der Waals surface area contributed by atoms with Crippen LogP contribution in [0.3, 0.4) is 0 Å². The highest BCUT2D eigenvalue weighted by Crippen LogP contribution is 2.34. The Kier molecular flexibility index (Phi) is 11.8. The lowest BCUT2D eigenvalue weighted by Gasteiger charge is -2.24. The van der Waals surface area contributed by atoms with Crippen molar-refractivity contribution in [1.29, 1.82) is 0 Å². The van der Waals surface area contributed by atoms with Crippen LogP contribution >= 0.6 is 0 Å². The highest BCUT2D eigenvalue weighted by Gasteiger charge is 2.23. The summed E-state index contributed by atoms with van der Waals surface area (Å²) in [5.74, 6) is 0.167. The number of ether oxygens (including phenoxy) is 4. The molecule has 0 aromatic heterocycles. The molecule has 0 unspecified atom stereocenters. The summed E-state index contributed by atoms with van der Waals surface area (Å²) in [4.78, 5) is 12.4. The SMILES string of the molecule is COCCOCC[C@@H](C[C@H](CC(=O)OCCOC)c1ccccc1)c1ccccc1. The molecule has 0 saturated carbocycles. The van der Waals surface area contributed by atoms with Crippen LogP contribution in [0.5, 0.6) is 0 Å². The average molecular weight is 415 g/mol. The first-order chi connectivity index (χ1) is 14.7. The minimum absolute atomic E-state index is 0.0745. The van der Waals surface area contributed by atoms with Crippen molar-refractivity contribution in [3.63, 3.8) is 0 Å². The first-order valence-electron chi connectivity index (χ1n) is 10.6. The van der Waals surface area contributed by atoms with Gasteiger partial charge < -0.3 is 18.9 Å². The maximum Gasteiger partial charge on any atom is 0.306 e. The Labute approximate surface area is 180 Å². The van der Waals surface area contributed by atoms with Crippen molar-refractivity contribution in [2.75, 3.05) is 47.3 Å². The van der Waals surface area contributed by atoms with Crippen molar-refractivity contribution in [3.05, 3.63) is 71.8 Å². The lowest BCUT2D eigenvalue weighted by molar-refractivity contribution is -0.145. The summed E-state index contributed by atoms with van der Waals surface area (Å²) in [5, 5.41) is 0. The molecule has 5 heteroatoms. The van der Waals surface area contributed by atoms with Crippen LogP contribution in [0, 0.1) is 0 Å². The van der Waals surface area contributed by atoms with Gasteiger partial charge in [0.25, 0.3) is 0 Å². The molecule has 2 aromatic carbocycles. The Hall–Kier alpha value is -2.21. The molecule has 0 amide bonds. The van der Waals surface area contributed by atoms with Crippen LogP contribution in [-0.2, 0) is 23.7 Å². The second-order valence-electron chi connectivity index (χ2n) is 7.26. The van der Waals surface area contributed by atoms with E-state index in [4.69, 9.17) is 18.9 Å². The third kappa shape index (κ3) is 9.08. The second kappa shape index (κ2) is 14.7. The third-order valence-corrected chi connectivity index (χ3v) is 5.12. The summed E-state index contributed by atoms with van der Waals surface area (Å²) in [6.45, 7) is 2.53. The number of methoxy groups -OCH3 is 2. The Morgan fingerprint density at radius 1 is 0.733 bits per heavy atom. The first-order valence-corrected chi connectivity index (χ1v) is 10.6. The normalized spacial score (nSPS) is 13.0. The highest BCUT2D eigenvalue weighted by atomic mass is 16.6. The Balaban J connectivity index is 2.09. The van der Waals surface area contributed by atoms with Crippen LogP contribution in [0.25, 0.3) is 0 Å². The monoisotopic (exact) mass is 414 g/mol. The fraction of sp³-hybridized carbons (Fsp3) is 0.480. The summed E-state index contributed by atoms with van der Waals surface area (Å²) in [6, 6.07) is 20.7. The number of hydrogen-bond donors (Lipinski definition) is 0. The van der Waals surface area contributed by atoms with E-state index in [1.165, 1.54) is 5.56 Å². The zero-order valence-corrected chi connectivity index (χ0v) is 18.1. The Bertz CT molecular complexity index is 689. The van der Waals surface area contributed by atoms with E-state index in [2.05, 4.69) is 36.4 Å². The van der Waals surface area contributed by atoms with E-state index in [0.717, 1.165) is 18.4 Å². The van der Waals surface area contributed by atoms with Gasteiger partial charge >= 0.3 is 5.97 Å². The number of benzene rings is 2. The topological polar surface area (TPSA) is 54.0 Å². The predicted molar refractivity (Wildman–Crippen MR) is 118 cm³/mol. The first kappa shape index (κ1) is 24.1. The number of carbonyl (C=O) groups excluding carboxylic acids is 1. The van der Waals surface area contributed by atoms with Crippen LogP contribution in [0.4, 0.5) is 0 Å². The van der Waals surface area contributed by atoms with E-state index < -0.39 is 0 Å². The lowest BCUT2D eigenvalue weighted by Crippen LogP contribution is -2.16. The minimum Gasteiger partial charge on any atom is -0.463 e. The number of hydrogen-bond acceptors (Lipinski definition) is 5. The summed E-state index contributed by atoms with van der Waals surface area (Å²) in [5.41, 5.74) is 2.42. The minimum atomic E-state index is -0.191. The smallest absolute Gasteiger partial charge is 0.306 e. The third-order valence-electron chi connectivity index (χ3n) is 5.12. The lowest BCUT2D eigenvalue weighted by atomic mass is 9.82. The van der Waals surface area contributed by atoms with Crippen LogP contribution in [0.1, 0.15) is 42.2 Å². The van der Waals surface area contributed by atoms with E-state index in [1.54, 1.807) is 14.2 Å².